The first-order chi connectivity index (χ1) is 9.60. The van der Waals surface area contributed by atoms with E-state index in [0.717, 1.165) is 12.1 Å². The van der Waals surface area contributed by atoms with Gasteiger partial charge in [-0.15, -0.1) is 0 Å². The minimum Gasteiger partial charge on any atom is -0.496 e. The van der Waals surface area contributed by atoms with Crippen molar-refractivity contribution in [3.05, 3.63) is 22.7 Å². The van der Waals surface area contributed by atoms with Gasteiger partial charge in [0.15, 0.2) is 0 Å². The number of hydrogen-bond acceptors (Lipinski definition) is 5. The molecule has 10 heteroatoms. The molecule has 0 heterocycles. The van der Waals surface area contributed by atoms with Crippen LogP contribution in [0.15, 0.2) is 17.0 Å². The van der Waals surface area contributed by atoms with Crippen LogP contribution in [0.5, 0.6) is 5.75 Å². The van der Waals surface area contributed by atoms with Gasteiger partial charge in [0, 0.05) is 6.07 Å². The van der Waals surface area contributed by atoms with E-state index in [1.165, 1.54) is 14.0 Å². The third-order valence-electron chi connectivity index (χ3n) is 2.53. The van der Waals surface area contributed by atoms with E-state index < -0.39 is 32.8 Å². The van der Waals surface area contributed by atoms with Crippen molar-refractivity contribution in [1.82, 2.24) is 4.72 Å². The summed E-state index contributed by atoms with van der Waals surface area (Å²) in [4.78, 5) is 21.5. The Hall–Kier alpha value is -1.84. The maximum Gasteiger partial charge on any atom is 0.339 e. The molecule has 0 bridgehead atoms. The van der Waals surface area contributed by atoms with Gasteiger partial charge in [-0.2, -0.15) is 4.72 Å². The zero-order chi connectivity index (χ0) is 16.4. The predicted molar refractivity (Wildman–Crippen MR) is 73.9 cm³/mol. The molecule has 0 aliphatic rings. The highest BCUT2D eigenvalue weighted by Crippen LogP contribution is 2.30. The molecule has 1 aromatic rings. The number of amides is 1. The second-order valence-corrected chi connectivity index (χ2v) is 6.12. The zero-order valence-corrected chi connectivity index (χ0v) is 12.7. The van der Waals surface area contributed by atoms with Gasteiger partial charge < -0.3 is 15.6 Å². The monoisotopic (exact) mass is 336 g/mol. The number of carbonyl (C=O) groups excluding carboxylic acids is 1. The molecule has 1 amide bonds. The number of benzene rings is 1. The number of aromatic carboxylic acids is 1. The van der Waals surface area contributed by atoms with Gasteiger partial charge in [0.05, 0.1) is 18.2 Å². The van der Waals surface area contributed by atoms with Crippen LogP contribution in [0.4, 0.5) is 0 Å². The maximum atomic E-state index is 12.1. The van der Waals surface area contributed by atoms with Crippen molar-refractivity contribution in [3.8, 4) is 5.75 Å². The molecule has 0 aliphatic carbocycles. The molecule has 0 radical (unpaired) electrons. The van der Waals surface area contributed by atoms with Crippen LogP contribution in [0.2, 0.25) is 5.02 Å². The summed E-state index contributed by atoms with van der Waals surface area (Å²) in [5, 5.41) is 8.65. The number of methoxy groups -OCH3 is 1. The third kappa shape index (κ3) is 3.84. The van der Waals surface area contributed by atoms with Gasteiger partial charge in [0.1, 0.15) is 16.2 Å². The van der Waals surface area contributed by atoms with E-state index in [-0.39, 0.29) is 16.3 Å². The smallest absolute Gasteiger partial charge is 0.339 e. The van der Waals surface area contributed by atoms with E-state index in [1.54, 1.807) is 0 Å². The number of nitrogens with two attached hydrogens (primary N) is 1. The van der Waals surface area contributed by atoms with Crippen molar-refractivity contribution in [1.29, 1.82) is 0 Å². The largest absolute Gasteiger partial charge is 0.496 e. The summed E-state index contributed by atoms with van der Waals surface area (Å²) in [6, 6.07) is 0.754. The highest BCUT2D eigenvalue weighted by molar-refractivity contribution is 7.89. The van der Waals surface area contributed by atoms with Gasteiger partial charge >= 0.3 is 5.97 Å². The van der Waals surface area contributed by atoms with Gasteiger partial charge in [-0.1, -0.05) is 11.6 Å². The van der Waals surface area contributed by atoms with Crippen molar-refractivity contribution in [3.63, 3.8) is 0 Å². The quantitative estimate of drug-likeness (QED) is 0.678. The minimum atomic E-state index is -4.17. The van der Waals surface area contributed by atoms with Gasteiger partial charge in [0.2, 0.25) is 15.9 Å². The predicted octanol–water partition coefficient (Wildman–Crippen LogP) is 0.199. The fourth-order valence-electron chi connectivity index (χ4n) is 1.43. The number of halogens is 1. The van der Waals surface area contributed by atoms with E-state index in [0.29, 0.717) is 0 Å². The molecule has 4 N–H and O–H groups in total. The number of carboxylic acids is 1. The van der Waals surface area contributed by atoms with Crippen LogP contribution in [0.25, 0.3) is 0 Å². The molecule has 1 atom stereocenters. The summed E-state index contributed by atoms with van der Waals surface area (Å²) < 4.78 is 31.1. The average Bonchev–Trinajstić information content (AvgIpc) is 2.37. The number of hydrogen-bond donors (Lipinski definition) is 3. The molecule has 0 unspecified atom stereocenters. The second kappa shape index (κ2) is 6.29. The normalized spacial score (nSPS) is 12.7. The number of carbonyl (C=O) groups is 2. The van der Waals surface area contributed by atoms with Crippen LogP contribution in [-0.4, -0.2) is 38.6 Å². The topological polar surface area (TPSA) is 136 Å². The van der Waals surface area contributed by atoms with Crippen LogP contribution in [0.1, 0.15) is 17.3 Å². The Balaban J connectivity index is 3.37. The summed E-state index contributed by atoms with van der Waals surface area (Å²) in [7, 11) is -2.98. The standard InChI is InChI=1S/C11H13ClN2O6S/c1-5(10(13)15)14-21(18,19)9-4-8(20-2)6(11(16)17)3-7(9)12/h3-5,14H,1-2H3,(H2,13,15)(H,16,17)/t5-/m0/s1. The first-order valence-corrected chi connectivity index (χ1v) is 7.38. The molecule has 0 saturated carbocycles. The summed E-state index contributed by atoms with van der Waals surface area (Å²) in [6.07, 6.45) is 0. The summed E-state index contributed by atoms with van der Waals surface area (Å²) in [5.74, 6) is -2.38. The lowest BCUT2D eigenvalue weighted by molar-refractivity contribution is -0.119. The highest BCUT2D eigenvalue weighted by atomic mass is 35.5. The lowest BCUT2D eigenvalue weighted by atomic mass is 10.2. The first-order valence-electron chi connectivity index (χ1n) is 5.52. The van der Waals surface area contributed by atoms with E-state index >= 15 is 0 Å². The molecule has 1 rings (SSSR count). The lowest BCUT2D eigenvalue weighted by Gasteiger charge is -2.14. The van der Waals surface area contributed by atoms with Gasteiger partial charge in [-0.3, -0.25) is 4.79 Å². The average molecular weight is 337 g/mol. The molecule has 0 fully saturated rings. The molecule has 0 spiro atoms. The minimum absolute atomic E-state index is 0.181. The van der Waals surface area contributed by atoms with E-state index in [2.05, 4.69) is 0 Å². The molecular formula is C11H13ClN2O6S. The SMILES string of the molecule is COc1cc(S(=O)(=O)N[C@@H](C)C(N)=O)c(Cl)cc1C(=O)O. The zero-order valence-electron chi connectivity index (χ0n) is 11.1. The second-order valence-electron chi connectivity index (χ2n) is 4.03. The number of nitrogens with one attached hydrogen (secondary N) is 1. The summed E-state index contributed by atoms with van der Waals surface area (Å²) in [5.41, 5.74) is 4.69. The summed E-state index contributed by atoms with van der Waals surface area (Å²) in [6.45, 7) is 1.26. The van der Waals surface area contributed by atoms with Crippen molar-refractivity contribution in [2.45, 2.75) is 17.9 Å². The van der Waals surface area contributed by atoms with Crippen LogP contribution in [0.3, 0.4) is 0 Å². The van der Waals surface area contributed by atoms with Crippen LogP contribution in [-0.2, 0) is 14.8 Å². The maximum absolute atomic E-state index is 12.1. The van der Waals surface area contributed by atoms with Gasteiger partial charge in [-0.05, 0) is 13.0 Å². The number of rotatable bonds is 6. The highest BCUT2D eigenvalue weighted by Gasteiger charge is 2.26. The fraction of sp³-hybridized carbons (Fsp3) is 0.273. The van der Waals surface area contributed by atoms with Crippen LogP contribution < -0.4 is 15.2 Å². The van der Waals surface area contributed by atoms with E-state index in [1.807, 2.05) is 4.72 Å². The number of ether oxygens (including phenoxy) is 1. The Morgan fingerprint density at radius 1 is 1.43 bits per heavy atom. The molecule has 1 aromatic carbocycles. The van der Waals surface area contributed by atoms with E-state index in [4.69, 9.17) is 27.2 Å². The van der Waals surface area contributed by atoms with Crippen LogP contribution >= 0.6 is 11.6 Å². The third-order valence-corrected chi connectivity index (χ3v) is 4.54. The van der Waals surface area contributed by atoms with E-state index in [9.17, 15) is 18.0 Å². The summed E-state index contributed by atoms with van der Waals surface area (Å²) >= 11 is 5.80. The molecular weight excluding hydrogens is 324 g/mol. The Labute approximate surface area is 125 Å². The molecule has 0 saturated heterocycles. The Bertz CT molecular complexity index is 688. The number of carboxylic acid groups (broad SMARTS) is 1. The van der Waals surface area contributed by atoms with Gasteiger partial charge in [0.25, 0.3) is 0 Å². The van der Waals surface area contributed by atoms with Crippen LogP contribution in [0, 0.1) is 0 Å². The Morgan fingerprint density at radius 2 is 2.00 bits per heavy atom. The van der Waals surface area contributed by atoms with Crippen molar-refractivity contribution < 1.29 is 27.9 Å². The number of sulfonamides is 1. The Kier molecular flexibility index (Phi) is 5.15. The molecule has 21 heavy (non-hydrogen) atoms. The number of primary amides is 1. The molecule has 116 valence electrons. The Morgan fingerprint density at radius 3 is 2.43 bits per heavy atom. The molecule has 0 aromatic heterocycles. The molecule has 0 aliphatic heterocycles. The van der Waals surface area contributed by atoms with Crippen molar-refractivity contribution in [2.75, 3.05) is 7.11 Å². The lowest BCUT2D eigenvalue weighted by Crippen LogP contribution is -2.42. The first kappa shape index (κ1) is 17.2. The van der Waals surface area contributed by atoms with Crippen molar-refractivity contribution in [2.24, 2.45) is 5.73 Å². The van der Waals surface area contributed by atoms with Crippen molar-refractivity contribution >= 4 is 33.5 Å². The molecule has 8 nitrogen and oxygen atoms in total. The van der Waals surface area contributed by atoms with Gasteiger partial charge in [-0.25, -0.2) is 13.2 Å². The fourth-order valence-corrected chi connectivity index (χ4v) is 3.19.